The number of carbonyl (C=O) groups excluding carboxylic acids is 1. The van der Waals surface area contributed by atoms with E-state index >= 15 is 0 Å². The minimum absolute atomic E-state index is 0.272. The van der Waals surface area contributed by atoms with Crippen molar-refractivity contribution in [1.29, 1.82) is 0 Å². The van der Waals surface area contributed by atoms with Crippen LogP contribution in [0.25, 0.3) is 0 Å². The Morgan fingerprint density at radius 3 is 2.73 bits per heavy atom. The summed E-state index contributed by atoms with van der Waals surface area (Å²) in [6, 6.07) is 0. The normalized spacial score (nSPS) is 8.18. The number of rotatable bonds is 3. The van der Waals surface area contributed by atoms with Crippen molar-refractivity contribution >= 4 is 5.97 Å². The summed E-state index contributed by atoms with van der Waals surface area (Å²) < 4.78 is 9.32. The highest BCUT2D eigenvalue weighted by Gasteiger charge is 1.93. The molecule has 0 aliphatic rings. The lowest BCUT2D eigenvalue weighted by Crippen LogP contribution is -2.07. The molecule has 0 spiro atoms. The molecule has 0 unspecified atom stereocenters. The van der Waals surface area contributed by atoms with Crippen molar-refractivity contribution < 1.29 is 14.3 Å². The van der Waals surface area contributed by atoms with Gasteiger partial charge in [-0.1, -0.05) is 12.8 Å². The Kier molecular flexibility index (Phi) is 6.45. The minimum atomic E-state index is -0.482. The van der Waals surface area contributed by atoms with Gasteiger partial charge in [-0.25, -0.2) is 4.79 Å². The van der Waals surface area contributed by atoms with Crippen LogP contribution in [0, 0.1) is 11.8 Å². The third-order valence-corrected chi connectivity index (χ3v) is 0.888. The first-order valence-electron chi connectivity index (χ1n) is 3.45. The van der Waals surface area contributed by atoms with E-state index in [0.717, 1.165) is 0 Å². The summed E-state index contributed by atoms with van der Waals surface area (Å²) in [4.78, 5) is 10.6. The predicted octanol–water partition coefficient (Wildman–Crippen LogP) is 0.589. The maximum absolute atomic E-state index is 10.6. The molecule has 3 heteroatoms. The average Bonchev–Trinajstić information content (AvgIpc) is 2.01. The first kappa shape index (κ1) is 9.99. The van der Waals surface area contributed by atoms with Gasteiger partial charge in [0, 0.05) is 19.5 Å². The van der Waals surface area contributed by atoms with E-state index in [9.17, 15) is 4.79 Å². The van der Waals surface area contributed by atoms with Crippen LogP contribution in [0.15, 0.2) is 0 Å². The number of ether oxygens (including phenoxy) is 2. The quantitative estimate of drug-likeness (QED) is 0.259. The third kappa shape index (κ3) is 6.88. The molecule has 0 rings (SSSR count). The number of methoxy groups -OCH3 is 1. The zero-order chi connectivity index (χ0) is 8.53. The average molecular weight is 156 g/mol. The van der Waals surface area contributed by atoms with Gasteiger partial charge in [0.05, 0.1) is 6.61 Å². The largest absolute Gasteiger partial charge is 0.454 e. The van der Waals surface area contributed by atoms with Crippen LogP contribution < -0.4 is 0 Å². The van der Waals surface area contributed by atoms with Crippen molar-refractivity contribution in [3.63, 3.8) is 0 Å². The van der Waals surface area contributed by atoms with Crippen molar-refractivity contribution in [2.45, 2.75) is 13.3 Å². The van der Waals surface area contributed by atoms with Crippen LogP contribution >= 0.6 is 0 Å². The van der Waals surface area contributed by atoms with E-state index in [-0.39, 0.29) is 6.61 Å². The summed E-state index contributed by atoms with van der Waals surface area (Å²) in [5.74, 6) is 4.45. The zero-order valence-electron chi connectivity index (χ0n) is 6.85. The number of hydrogen-bond donors (Lipinski definition) is 0. The minimum Gasteiger partial charge on any atom is -0.454 e. The Bertz CT molecular complexity index is 164. The van der Waals surface area contributed by atoms with Crippen LogP contribution in [0.2, 0.25) is 0 Å². The summed E-state index contributed by atoms with van der Waals surface area (Å²) in [5, 5.41) is 0. The monoisotopic (exact) mass is 156 g/mol. The molecule has 0 saturated carbocycles. The fourth-order valence-electron chi connectivity index (χ4n) is 0.414. The Morgan fingerprint density at radius 2 is 2.18 bits per heavy atom. The van der Waals surface area contributed by atoms with E-state index in [2.05, 4.69) is 21.3 Å². The fraction of sp³-hybridized carbons (Fsp3) is 0.625. The van der Waals surface area contributed by atoms with Gasteiger partial charge in [0.15, 0.2) is 0 Å². The van der Waals surface area contributed by atoms with Crippen LogP contribution in [0.3, 0.4) is 0 Å². The molecular weight excluding hydrogens is 144 g/mol. The Labute approximate surface area is 66.7 Å². The Balaban J connectivity index is 3.37. The second-order valence-corrected chi connectivity index (χ2v) is 1.78. The molecule has 0 heterocycles. The highest BCUT2D eigenvalue weighted by molar-refractivity contribution is 5.88. The summed E-state index contributed by atoms with van der Waals surface area (Å²) in [6.45, 7) is 2.56. The molecule has 62 valence electrons. The second kappa shape index (κ2) is 7.10. The van der Waals surface area contributed by atoms with E-state index in [4.69, 9.17) is 0 Å². The van der Waals surface area contributed by atoms with Crippen LogP contribution in [0.1, 0.15) is 13.3 Å². The van der Waals surface area contributed by atoms with Gasteiger partial charge in [0.2, 0.25) is 0 Å². The van der Waals surface area contributed by atoms with Crippen molar-refractivity contribution in [2.24, 2.45) is 0 Å². The maximum atomic E-state index is 10.6. The smallest absolute Gasteiger partial charge is 0.384 e. The van der Waals surface area contributed by atoms with Gasteiger partial charge >= 0.3 is 5.97 Å². The van der Waals surface area contributed by atoms with Gasteiger partial charge < -0.3 is 9.47 Å². The topological polar surface area (TPSA) is 35.5 Å². The summed E-state index contributed by atoms with van der Waals surface area (Å²) >= 11 is 0. The molecule has 0 aliphatic heterocycles. The molecule has 3 nitrogen and oxygen atoms in total. The highest BCUT2D eigenvalue weighted by Crippen LogP contribution is 1.77. The number of esters is 1. The van der Waals surface area contributed by atoms with Crippen LogP contribution in [-0.4, -0.2) is 26.3 Å². The van der Waals surface area contributed by atoms with Gasteiger partial charge in [-0.2, -0.15) is 0 Å². The number of carbonyl (C=O) groups is 1. The number of hydrogen-bond acceptors (Lipinski definition) is 3. The molecule has 0 saturated heterocycles. The molecule has 0 aromatic heterocycles. The molecule has 0 amide bonds. The van der Waals surface area contributed by atoms with E-state index < -0.39 is 5.97 Å². The highest BCUT2D eigenvalue weighted by atomic mass is 16.6. The zero-order valence-corrected chi connectivity index (χ0v) is 6.85. The Hall–Kier alpha value is -1.01. The SMILES string of the molecule is CCC#CC(=O)OCCOC. The van der Waals surface area contributed by atoms with E-state index in [1.807, 2.05) is 6.92 Å². The summed E-state index contributed by atoms with van der Waals surface area (Å²) in [5.41, 5.74) is 0. The third-order valence-electron chi connectivity index (χ3n) is 0.888. The molecule has 0 aliphatic carbocycles. The first-order chi connectivity index (χ1) is 5.31. The van der Waals surface area contributed by atoms with E-state index in [0.29, 0.717) is 13.0 Å². The van der Waals surface area contributed by atoms with Crippen molar-refractivity contribution in [3.05, 3.63) is 0 Å². The van der Waals surface area contributed by atoms with Crippen molar-refractivity contribution in [1.82, 2.24) is 0 Å². The molecule has 0 aromatic carbocycles. The van der Waals surface area contributed by atoms with Crippen LogP contribution in [0.4, 0.5) is 0 Å². The summed E-state index contributed by atoms with van der Waals surface area (Å²) in [7, 11) is 1.55. The fourth-order valence-corrected chi connectivity index (χ4v) is 0.414. The van der Waals surface area contributed by atoms with Gasteiger partial charge in [0.1, 0.15) is 6.61 Å². The van der Waals surface area contributed by atoms with Gasteiger partial charge in [0.25, 0.3) is 0 Å². The molecule has 0 radical (unpaired) electrons. The predicted molar refractivity (Wildman–Crippen MR) is 40.9 cm³/mol. The lowest BCUT2D eigenvalue weighted by Gasteiger charge is -1.97. The Morgan fingerprint density at radius 1 is 1.45 bits per heavy atom. The molecular formula is C8H12O3. The lowest BCUT2D eigenvalue weighted by atomic mass is 10.5. The van der Waals surface area contributed by atoms with Gasteiger partial charge in [-0.3, -0.25) is 0 Å². The van der Waals surface area contributed by atoms with Gasteiger partial charge in [-0.15, -0.1) is 0 Å². The molecule has 0 atom stereocenters. The van der Waals surface area contributed by atoms with Crippen LogP contribution in [0.5, 0.6) is 0 Å². The van der Waals surface area contributed by atoms with Gasteiger partial charge in [-0.05, 0) is 0 Å². The standard InChI is InChI=1S/C8H12O3/c1-3-4-5-8(9)11-7-6-10-2/h3,6-7H2,1-2H3. The molecule has 0 fully saturated rings. The second-order valence-electron chi connectivity index (χ2n) is 1.78. The lowest BCUT2D eigenvalue weighted by molar-refractivity contribution is -0.137. The first-order valence-corrected chi connectivity index (χ1v) is 3.45. The maximum Gasteiger partial charge on any atom is 0.384 e. The molecule has 0 bridgehead atoms. The van der Waals surface area contributed by atoms with E-state index in [1.165, 1.54) is 0 Å². The summed E-state index contributed by atoms with van der Waals surface area (Å²) in [6.07, 6.45) is 0.666. The van der Waals surface area contributed by atoms with E-state index in [1.54, 1.807) is 7.11 Å². The van der Waals surface area contributed by atoms with Crippen LogP contribution in [-0.2, 0) is 14.3 Å². The van der Waals surface area contributed by atoms with Crippen molar-refractivity contribution in [3.8, 4) is 11.8 Å². The molecule has 0 N–H and O–H groups in total. The van der Waals surface area contributed by atoms with Crippen molar-refractivity contribution in [2.75, 3.05) is 20.3 Å². The molecule has 11 heavy (non-hydrogen) atoms. The molecule has 0 aromatic rings.